The Hall–Kier alpha value is -1.68. The maximum absolute atomic E-state index is 13.1. The summed E-state index contributed by atoms with van der Waals surface area (Å²) in [6.07, 6.45) is 0.259. The Morgan fingerprint density at radius 1 is 1.26 bits per heavy atom. The molecular formula is C15H13BrFNO. The van der Waals surface area contributed by atoms with Crippen molar-refractivity contribution in [3.05, 3.63) is 63.9 Å². The maximum Gasteiger partial charge on any atom is 0.228 e. The third kappa shape index (κ3) is 3.89. The molecule has 0 saturated carbocycles. The van der Waals surface area contributed by atoms with Gasteiger partial charge in [0.2, 0.25) is 5.91 Å². The summed E-state index contributed by atoms with van der Waals surface area (Å²) in [6.45, 7) is 1.83. The molecule has 2 nitrogen and oxygen atoms in total. The van der Waals surface area contributed by atoms with Crippen molar-refractivity contribution in [2.24, 2.45) is 0 Å². The van der Waals surface area contributed by atoms with Crippen LogP contribution in [-0.2, 0) is 11.2 Å². The number of benzene rings is 2. The third-order valence-corrected chi connectivity index (χ3v) is 3.22. The zero-order valence-electron chi connectivity index (χ0n) is 10.4. The Bertz CT molecular complexity index is 613. The van der Waals surface area contributed by atoms with Crippen LogP contribution in [0.25, 0.3) is 0 Å². The first kappa shape index (κ1) is 13.7. The number of amides is 1. The van der Waals surface area contributed by atoms with Crippen molar-refractivity contribution in [2.45, 2.75) is 13.3 Å². The highest BCUT2D eigenvalue weighted by atomic mass is 79.9. The van der Waals surface area contributed by atoms with Gasteiger partial charge in [0, 0.05) is 10.2 Å². The average molecular weight is 322 g/mol. The zero-order valence-corrected chi connectivity index (χ0v) is 12.0. The first-order valence-electron chi connectivity index (χ1n) is 5.85. The molecule has 0 aromatic heterocycles. The Morgan fingerprint density at radius 2 is 2.05 bits per heavy atom. The van der Waals surface area contributed by atoms with Crippen LogP contribution in [0.1, 0.15) is 11.1 Å². The van der Waals surface area contributed by atoms with Crippen LogP contribution in [0.5, 0.6) is 0 Å². The maximum atomic E-state index is 13.1. The highest BCUT2D eigenvalue weighted by Gasteiger charge is 2.07. The molecule has 0 fully saturated rings. The molecule has 0 aliphatic heterocycles. The Balaban J connectivity index is 2.07. The number of anilines is 1. The van der Waals surface area contributed by atoms with Crippen LogP contribution in [0.2, 0.25) is 0 Å². The first-order valence-corrected chi connectivity index (χ1v) is 6.64. The monoisotopic (exact) mass is 321 g/mol. The van der Waals surface area contributed by atoms with E-state index in [0.717, 1.165) is 15.6 Å². The molecule has 0 unspecified atom stereocenters. The highest BCUT2D eigenvalue weighted by molar-refractivity contribution is 9.10. The normalized spacial score (nSPS) is 10.3. The second-order valence-corrected chi connectivity index (χ2v) is 5.23. The molecule has 2 rings (SSSR count). The van der Waals surface area contributed by atoms with Crippen molar-refractivity contribution in [1.29, 1.82) is 0 Å². The summed E-state index contributed by atoms with van der Waals surface area (Å²) in [5.74, 6) is -0.518. The number of hydrogen-bond acceptors (Lipinski definition) is 1. The van der Waals surface area contributed by atoms with Gasteiger partial charge >= 0.3 is 0 Å². The van der Waals surface area contributed by atoms with Crippen LogP contribution in [0.3, 0.4) is 0 Å². The predicted molar refractivity (Wildman–Crippen MR) is 77.6 cm³/mol. The lowest BCUT2D eigenvalue weighted by Gasteiger charge is -2.08. The molecule has 0 aliphatic carbocycles. The largest absolute Gasteiger partial charge is 0.325 e. The van der Waals surface area contributed by atoms with Crippen molar-refractivity contribution in [2.75, 3.05) is 5.32 Å². The fourth-order valence-corrected chi connectivity index (χ4v) is 2.20. The van der Waals surface area contributed by atoms with E-state index in [2.05, 4.69) is 21.2 Å². The molecule has 0 bridgehead atoms. The van der Waals surface area contributed by atoms with Gasteiger partial charge in [0.25, 0.3) is 0 Å². The Labute approximate surface area is 119 Å². The van der Waals surface area contributed by atoms with Crippen LogP contribution in [-0.4, -0.2) is 5.91 Å². The molecule has 2 aromatic carbocycles. The van der Waals surface area contributed by atoms with E-state index in [4.69, 9.17) is 0 Å². The van der Waals surface area contributed by atoms with E-state index in [1.165, 1.54) is 12.1 Å². The summed E-state index contributed by atoms with van der Waals surface area (Å²) in [6, 6.07) is 11.9. The molecule has 4 heteroatoms. The second kappa shape index (κ2) is 5.97. The molecule has 0 radical (unpaired) electrons. The number of nitrogens with one attached hydrogen (secondary N) is 1. The van der Waals surface area contributed by atoms with Gasteiger partial charge in [-0.1, -0.05) is 34.1 Å². The fraction of sp³-hybridized carbons (Fsp3) is 0.133. The van der Waals surface area contributed by atoms with E-state index in [0.29, 0.717) is 5.69 Å². The van der Waals surface area contributed by atoms with Crippen LogP contribution in [0.4, 0.5) is 10.1 Å². The summed E-state index contributed by atoms with van der Waals surface area (Å²) in [7, 11) is 0. The molecule has 0 aliphatic rings. The Kier molecular flexibility index (Phi) is 4.32. The minimum atomic E-state index is -0.358. The van der Waals surface area contributed by atoms with Crippen LogP contribution < -0.4 is 5.32 Å². The molecule has 0 saturated heterocycles. The van der Waals surface area contributed by atoms with E-state index in [-0.39, 0.29) is 18.1 Å². The molecule has 0 atom stereocenters. The van der Waals surface area contributed by atoms with Crippen molar-refractivity contribution in [1.82, 2.24) is 0 Å². The lowest BCUT2D eigenvalue weighted by Crippen LogP contribution is -2.15. The lowest BCUT2D eigenvalue weighted by molar-refractivity contribution is -0.115. The van der Waals surface area contributed by atoms with E-state index in [1.807, 2.05) is 31.2 Å². The van der Waals surface area contributed by atoms with Crippen molar-refractivity contribution >= 4 is 27.5 Å². The van der Waals surface area contributed by atoms with Gasteiger partial charge < -0.3 is 5.32 Å². The quantitative estimate of drug-likeness (QED) is 0.906. The number of carbonyl (C=O) groups is 1. The van der Waals surface area contributed by atoms with Crippen LogP contribution in [0.15, 0.2) is 46.9 Å². The van der Waals surface area contributed by atoms with Crippen molar-refractivity contribution < 1.29 is 9.18 Å². The van der Waals surface area contributed by atoms with Crippen molar-refractivity contribution in [3.63, 3.8) is 0 Å². The SMILES string of the molecule is Cc1ccc(F)cc1NC(=O)Cc1cccc(Br)c1. The summed E-state index contributed by atoms with van der Waals surface area (Å²) in [5, 5.41) is 2.72. The number of carbonyl (C=O) groups excluding carboxylic acids is 1. The molecule has 1 amide bonds. The number of hydrogen-bond donors (Lipinski definition) is 1. The molecule has 0 spiro atoms. The van der Waals surface area contributed by atoms with Gasteiger partial charge in [-0.15, -0.1) is 0 Å². The van der Waals surface area contributed by atoms with Gasteiger partial charge in [-0.05, 0) is 42.3 Å². The summed E-state index contributed by atoms with van der Waals surface area (Å²) in [4.78, 5) is 11.9. The molecule has 0 heterocycles. The second-order valence-electron chi connectivity index (χ2n) is 4.31. The van der Waals surface area contributed by atoms with E-state index < -0.39 is 0 Å². The van der Waals surface area contributed by atoms with Gasteiger partial charge in [0.05, 0.1) is 6.42 Å². The van der Waals surface area contributed by atoms with Gasteiger partial charge in [-0.25, -0.2) is 4.39 Å². The summed E-state index contributed by atoms with van der Waals surface area (Å²) in [5.41, 5.74) is 2.25. The van der Waals surface area contributed by atoms with E-state index in [9.17, 15) is 9.18 Å². The molecular weight excluding hydrogens is 309 g/mol. The third-order valence-electron chi connectivity index (χ3n) is 2.73. The smallest absolute Gasteiger partial charge is 0.228 e. The number of rotatable bonds is 3. The zero-order chi connectivity index (χ0) is 13.8. The van der Waals surface area contributed by atoms with Gasteiger partial charge in [0.1, 0.15) is 5.82 Å². The molecule has 1 N–H and O–H groups in total. The van der Waals surface area contributed by atoms with Gasteiger partial charge in [-0.3, -0.25) is 4.79 Å². The van der Waals surface area contributed by atoms with Gasteiger partial charge in [-0.2, -0.15) is 0 Å². The van der Waals surface area contributed by atoms with Crippen LogP contribution >= 0.6 is 15.9 Å². The highest BCUT2D eigenvalue weighted by Crippen LogP contribution is 2.17. The van der Waals surface area contributed by atoms with Gasteiger partial charge in [0.15, 0.2) is 0 Å². The van der Waals surface area contributed by atoms with Crippen molar-refractivity contribution in [3.8, 4) is 0 Å². The topological polar surface area (TPSA) is 29.1 Å². The summed E-state index contributed by atoms with van der Waals surface area (Å²) >= 11 is 3.36. The van der Waals surface area contributed by atoms with Crippen LogP contribution in [0, 0.1) is 12.7 Å². The summed E-state index contributed by atoms with van der Waals surface area (Å²) < 4.78 is 14.1. The minimum Gasteiger partial charge on any atom is -0.325 e. The molecule has 98 valence electrons. The number of halogens is 2. The first-order chi connectivity index (χ1) is 9.04. The predicted octanol–water partition coefficient (Wildman–Crippen LogP) is 4.08. The minimum absolute atomic E-state index is 0.160. The standard InChI is InChI=1S/C15H13BrFNO/c1-10-5-6-13(17)9-14(10)18-15(19)8-11-3-2-4-12(16)7-11/h2-7,9H,8H2,1H3,(H,18,19). The van der Waals surface area contributed by atoms with E-state index in [1.54, 1.807) is 6.07 Å². The average Bonchev–Trinajstić information content (AvgIpc) is 2.34. The number of aryl methyl sites for hydroxylation is 1. The fourth-order valence-electron chi connectivity index (χ4n) is 1.76. The Morgan fingerprint density at radius 3 is 2.79 bits per heavy atom. The van der Waals surface area contributed by atoms with E-state index >= 15 is 0 Å². The molecule has 2 aromatic rings. The lowest BCUT2D eigenvalue weighted by atomic mass is 10.1. The molecule has 19 heavy (non-hydrogen) atoms.